The summed E-state index contributed by atoms with van der Waals surface area (Å²) in [6, 6.07) is 8.33. The SMILES string of the molecule is Nc1cc(Cl)cc(S(=O)(=O)NCCc2ccccn2)c1Br. The van der Waals surface area contributed by atoms with Crippen LogP contribution in [0, 0.1) is 0 Å². The Labute approximate surface area is 136 Å². The topological polar surface area (TPSA) is 85.1 Å². The molecule has 3 N–H and O–H groups in total. The molecule has 0 saturated carbocycles. The number of hydrogen-bond donors (Lipinski definition) is 2. The minimum atomic E-state index is -3.70. The van der Waals surface area contributed by atoms with E-state index in [-0.39, 0.29) is 22.2 Å². The first-order valence-electron chi connectivity index (χ1n) is 6.04. The zero-order valence-corrected chi connectivity index (χ0v) is 14.0. The third kappa shape index (κ3) is 4.16. The number of halogens is 2. The zero-order valence-electron chi connectivity index (χ0n) is 10.9. The molecule has 21 heavy (non-hydrogen) atoms. The fourth-order valence-corrected chi connectivity index (χ4v) is 4.04. The molecule has 0 aliphatic heterocycles. The highest BCUT2D eigenvalue weighted by Gasteiger charge is 2.19. The summed E-state index contributed by atoms with van der Waals surface area (Å²) in [6.45, 7) is 0.234. The Balaban J connectivity index is 2.12. The molecule has 2 aromatic rings. The summed E-state index contributed by atoms with van der Waals surface area (Å²) < 4.78 is 27.4. The number of aromatic nitrogens is 1. The Morgan fingerprint density at radius 2 is 2.10 bits per heavy atom. The van der Waals surface area contributed by atoms with Crippen molar-refractivity contribution in [3.8, 4) is 0 Å². The molecule has 1 aromatic carbocycles. The molecule has 2 rings (SSSR count). The lowest BCUT2D eigenvalue weighted by atomic mass is 10.3. The van der Waals surface area contributed by atoms with Gasteiger partial charge in [0.1, 0.15) is 0 Å². The number of benzene rings is 1. The lowest BCUT2D eigenvalue weighted by Crippen LogP contribution is -2.26. The molecule has 0 bridgehead atoms. The zero-order chi connectivity index (χ0) is 15.5. The van der Waals surface area contributed by atoms with Gasteiger partial charge in [0.15, 0.2) is 0 Å². The standard InChI is InChI=1S/C13H13BrClN3O2S/c14-13-11(16)7-9(15)8-12(13)21(19,20)18-6-4-10-3-1-2-5-17-10/h1-3,5,7-8,18H,4,6,16H2. The number of sulfonamides is 1. The second-order valence-electron chi connectivity index (χ2n) is 4.28. The first kappa shape index (κ1) is 16.2. The average Bonchev–Trinajstić information content (AvgIpc) is 2.43. The minimum absolute atomic E-state index is 0.0218. The summed E-state index contributed by atoms with van der Waals surface area (Å²) in [5, 5.41) is 0.265. The van der Waals surface area contributed by atoms with Gasteiger partial charge in [-0.25, -0.2) is 13.1 Å². The van der Waals surface area contributed by atoms with E-state index in [0.717, 1.165) is 5.69 Å². The lowest BCUT2D eigenvalue weighted by molar-refractivity contribution is 0.581. The molecule has 8 heteroatoms. The highest BCUT2D eigenvalue weighted by Crippen LogP contribution is 2.31. The molecule has 5 nitrogen and oxygen atoms in total. The number of pyridine rings is 1. The van der Waals surface area contributed by atoms with Gasteiger partial charge in [-0.05, 0) is 40.2 Å². The maximum Gasteiger partial charge on any atom is 0.241 e. The molecular weight excluding hydrogens is 378 g/mol. The van der Waals surface area contributed by atoms with Gasteiger partial charge in [0, 0.05) is 35.6 Å². The molecule has 0 aliphatic rings. The average molecular weight is 391 g/mol. The quantitative estimate of drug-likeness (QED) is 0.769. The van der Waals surface area contributed by atoms with E-state index in [4.69, 9.17) is 17.3 Å². The summed E-state index contributed by atoms with van der Waals surface area (Å²) in [5.41, 5.74) is 6.79. The maximum absolute atomic E-state index is 12.3. The molecule has 0 atom stereocenters. The first-order valence-corrected chi connectivity index (χ1v) is 8.69. The van der Waals surface area contributed by atoms with Crippen LogP contribution in [-0.2, 0) is 16.4 Å². The maximum atomic E-state index is 12.3. The monoisotopic (exact) mass is 389 g/mol. The number of nitrogens with one attached hydrogen (secondary N) is 1. The highest BCUT2D eigenvalue weighted by molar-refractivity contribution is 9.10. The van der Waals surface area contributed by atoms with Crippen LogP contribution >= 0.6 is 27.5 Å². The summed E-state index contributed by atoms with van der Waals surface area (Å²) in [4.78, 5) is 4.15. The van der Waals surface area contributed by atoms with Gasteiger partial charge in [0.2, 0.25) is 10.0 Å². The van der Waals surface area contributed by atoms with Crippen molar-refractivity contribution < 1.29 is 8.42 Å². The molecular formula is C13H13BrClN3O2S. The number of nitrogens with zero attached hydrogens (tertiary/aromatic N) is 1. The van der Waals surface area contributed by atoms with Crippen molar-refractivity contribution in [1.82, 2.24) is 9.71 Å². The fraction of sp³-hybridized carbons (Fsp3) is 0.154. The van der Waals surface area contributed by atoms with Crippen LogP contribution in [0.5, 0.6) is 0 Å². The number of anilines is 1. The minimum Gasteiger partial charge on any atom is -0.398 e. The van der Waals surface area contributed by atoms with Gasteiger partial charge >= 0.3 is 0 Å². The van der Waals surface area contributed by atoms with E-state index in [1.807, 2.05) is 12.1 Å². The molecule has 1 aromatic heterocycles. The Morgan fingerprint density at radius 1 is 1.33 bits per heavy atom. The Morgan fingerprint density at radius 3 is 2.76 bits per heavy atom. The summed E-state index contributed by atoms with van der Waals surface area (Å²) >= 11 is 9.03. The van der Waals surface area contributed by atoms with Gasteiger partial charge in [0.25, 0.3) is 0 Å². The van der Waals surface area contributed by atoms with Crippen molar-refractivity contribution in [2.75, 3.05) is 12.3 Å². The largest absolute Gasteiger partial charge is 0.398 e. The smallest absolute Gasteiger partial charge is 0.241 e. The van der Waals surface area contributed by atoms with Crippen LogP contribution in [0.15, 0.2) is 45.9 Å². The Kier molecular flexibility index (Phi) is 5.21. The van der Waals surface area contributed by atoms with Crippen LogP contribution in [-0.4, -0.2) is 19.9 Å². The van der Waals surface area contributed by atoms with Gasteiger partial charge in [0.05, 0.1) is 9.37 Å². The number of nitrogen functional groups attached to an aromatic ring is 1. The van der Waals surface area contributed by atoms with E-state index in [2.05, 4.69) is 25.6 Å². The Hall–Kier alpha value is -1.15. The van der Waals surface area contributed by atoms with Crippen molar-refractivity contribution in [2.45, 2.75) is 11.3 Å². The van der Waals surface area contributed by atoms with E-state index in [1.54, 1.807) is 12.3 Å². The van der Waals surface area contributed by atoms with E-state index in [9.17, 15) is 8.42 Å². The van der Waals surface area contributed by atoms with Crippen molar-refractivity contribution in [3.63, 3.8) is 0 Å². The molecule has 0 spiro atoms. The van der Waals surface area contributed by atoms with E-state index in [1.165, 1.54) is 12.1 Å². The van der Waals surface area contributed by atoms with E-state index < -0.39 is 10.0 Å². The molecule has 0 radical (unpaired) electrons. The molecule has 0 fully saturated rings. The lowest BCUT2D eigenvalue weighted by Gasteiger charge is -2.10. The first-order chi connectivity index (χ1) is 9.90. The van der Waals surface area contributed by atoms with Crippen molar-refractivity contribution in [1.29, 1.82) is 0 Å². The van der Waals surface area contributed by atoms with Gasteiger partial charge in [-0.1, -0.05) is 17.7 Å². The summed E-state index contributed by atoms with van der Waals surface area (Å²) in [5.74, 6) is 0. The van der Waals surface area contributed by atoms with Crippen LogP contribution in [0.1, 0.15) is 5.69 Å². The summed E-state index contributed by atoms with van der Waals surface area (Å²) in [6.07, 6.45) is 2.16. The number of rotatable bonds is 5. The molecule has 0 unspecified atom stereocenters. The third-order valence-electron chi connectivity index (χ3n) is 2.72. The fourth-order valence-electron chi connectivity index (χ4n) is 1.72. The number of hydrogen-bond acceptors (Lipinski definition) is 4. The van der Waals surface area contributed by atoms with Crippen LogP contribution < -0.4 is 10.5 Å². The molecule has 0 saturated heterocycles. The third-order valence-corrected chi connectivity index (χ3v) is 5.57. The van der Waals surface area contributed by atoms with E-state index >= 15 is 0 Å². The van der Waals surface area contributed by atoms with Gasteiger partial charge < -0.3 is 5.73 Å². The van der Waals surface area contributed by atoms with Crippen molar-refractivity contribution in [3.05, 3.63) is 51.7 Å². The van der Waals surface area contributed by atoms with Crippen LogP contribution in [0.4, 0.5) is 5.69 Å². The van der Waals surface area contributed by atoms with Crippen LogP contribution in [0.25, 0.3) is 0 Å². The molecule has 112 valence electrons. The number of nitrogens with two attached hydrogens (primary N) is 1. The second kappa shape index (κ2) is 6.74. The predicted molar refractivity (Wildman–Crippen MR) is 86.7 cm³/mol. The van der Waals surface area contributed by atoms with Crippen LogP contribution in [0.3, 0.4) is 0 Å². The van der Waals surface area contributed by atoms with E-state index in [0.29, 0.717) is 10.9 Å². The second-order valence-corrected chi connectivity index (χ2v) is 7.24. The molecule has 1 heterocycles. The van der Waals surface area contributed by atoms with Crippen molar-refractivity contribution >= 4 is 43.2 Å². The van der Waals surface area contributed by atoms with Crippen LogP contribution in [0.2, 0.25) is 5.02 Å². The molecule has 0 amide bonds. The normalized spacial score (nSPS) is 11.5. The van der Waals surface area contributed by atoms with Gasteiger partial charge in [-0.15, -0.1) is 0 Å². The predicted octanol–water partition coefficient (Wildman–Crippen LogP) is 2.60. The Bertz CT molecular complexity index is 739. The summed E-state index contributed by atoms with van der Waals surface area (Å²) in [7, 11) is -3.70. The van der Waals surface area contributed by atoms with Gasteiger partial charge in [-0.2, -0.15) is 0 Å². The highest BCUT2D eigenvalue weighted by atomic mass is 79.9. The van der Waals surface area contributed by atoms with Gasteiger partial charge in [-0.3, -0.25) is 4.98 Å². The van der Waals surface area contributed by atoms with Crippen molar-refractivity contribution in [2.24, 2.45) is 0 Å². The molecule has 0 aliphatic carbocycles.